The summed E-state index contributed by atoms with van der Waals surface area (Å²) in [4.78, 5) is 0. The zero-order chi connectivity index (χ0) is 14.0. The van der Waals surface area contributed by atoms with Gasteiger partial charge >= 0.3 is 0 Å². The number of epoxide rings is 1. The molecule has 1 fully saturated rings. The molecule has 102 valence electrons. The number of nitrogens with zero attached hydrogens (tertiary/aromatic N) is 1. The smallest absolute Gasteiger partial charge is 0.122 e. The van der Waals surface area contributed by atoms with Crippen LogP contribution >= 0.6 is 0 Å². The van der Waals surface area contributed by atoms with E-state index in [-0.39, 0.29) is 11.5 Å². The molecule has 1 aromatic rings. The Morgan fingerprint density at radius 2 is 2.16 bits per heavy atom. The van der Waals surface area contributed by atoms with Crippen LogP contribution < -0.4 is 4.74 Å². The highest BCUT2D eigenvalue weighted by Gasteiger charge is 2.47. The summed E-state index contributed by atoms with van der Waals surface area (Å²) in [6, 6.07) is 8.39. The fraction of sp³-hybridized carbons (Fsp3) is 0.562. The van der Waals surface area contributed by atoms with E-state index in [2.05, 4.69) is 19.9 Å². The quantitative estimate of drug-likeness (QED) is 0.759. The molecular weight excluding hydrogens is 238 g/mol. The van der Waals surface area contributed by atoms with Gasteiger partial charge in [0.2, 0.25) is 0 Å². The first kappa shape index (κ1) is 13.9. The molecule has 2 unspecified atom stereocenters. The van der Waals surface area contributed by atoms with E-state index >= 15 is 0 Å². The van der Waals surface area contributed by atoms with Crippen molar-refractivity contribution in [2.75, 3.05) is 7.11 Å². The Morgan fingerprint density at radius 1 is 1.47 bits per heavy atom. The van der Waals surface area contributed by atoms with Gasteiger partial charge in [0, 0.05) is 0 Å². The van der Waals surface area contributed by atoms with Crippen molar-refractivity contribution in [3.05, 3.63) is 29.3 Å². The fourth-order valence-corrected chi connectivity index (χ4v) is 2.42. The van der Waals surface area contributed by atoms with E-state index in [0.29, 0.717) is 6.10 Å². The Labute approximate surface area is 115 Å². The van der Waals surface area contributed by atoms with Crippen molar-refractivity contribution in [2.24, 2.45) is 0 Å². The highest BCUT2D eigenvalue weighted by Crippen LogP contribution is 2.40. The predicted octanol–water partition coefficient (Wildman–Crippen LogP) is 3.57. The van der Waals surface area contributed by atoms with Crippen LogP contribution in [0.5, 0.6) is 5.75 Å². The third-order valence-electron chi connectivity index (χ3n) is 3.87. The molecule has 0 N–H and O–H groups in total. The molecular formula is C16H21NO2. The third-order valence-corrected chi connectivity index (χ3v) is 3.87. The van der Waals surface area contributed by atoms with Gasteiger partial charge in [0.15, 0.2) is 0 Å². The number of aryl methyl sites for hydroxylation is 1. The van der Waals surface area contributed by atoms with Gasteiger partial charge in [-0.2, -0.15) is 5.26 Å². The maximum Gasteiger partial charge on any atom is 0.122 e. The number of hydrogen-bond donors (Lipinski definition) is 0. The monoisotopic (exact) mass is 259 g/mol. The molecule has 3 heteroatoms. The highest BCUT2D eigenvalue weighted by molar-refractivity contribution is 5.39. The summed E-state index contributed by atoms with van der Waals surface area (Å²) in [6.07, 6.45) is 2.06. The molecule has 1 aliphatic rings. The molecule has 0 radical (unpaired) electrons. The van der Waals surface area contributed by atoms with Crippen LogP contribution in [0.3, 0.4) is 0 Å². The van der Waals surface area contributed by atoms with Gasteiger partial charge in [0.25, 0.3) is 0 Å². The number of rotatable bonds is 5. The van der Waals surface area contributed by atoms with Gasteiger partial charge in [-0.3, -0.25) is 0 Å². The van der Waals surface area contributed by atoms with Gasteiger partial charge in [-0.1, -0.05) is 12.1 Å². The lowest BCUT2D eigenvalue weighted by Gasteiger charge is -2.12. The van der Waals surface area contributed by atoms with Crippen LogP contribution in [0.1, 0.15) is 43.7 Å². The van der Waals surface area contributed by atoms with E-state index < -0.39 is 0 Å². The summed E-state index contributed by atoms with van der Waals surface area (Å²) in [6.45, 7) is 6.19. The normalized spacial score (nSPS) is 21.5. The summed E-state index contributed by atoms with van der Waals surface area (Å²) >= 11 is 0. The second-order valence-corrected chi connectivity index (χ2v) is 5.70. The van der Waals surface area contributed by atoms with E-state index in [0.717, 1.165) is 29.7 Å². The number of nitriles is 1. The van der Waals surface area contributed by atoms with Crippen LogP contribution in [0.4, 0.5) is 0 Å². The van der Waals surface area contributed by atoms with Crippen molar-refractivity contribution in [1.82, 2.24) is 0 Å². The first-order valence-electron chi connectivity index (χ1n) is 6.70. The Kier molecular flexibility index (Phi) is 3.82. The number of benzene rings is 1. The Hall–Kier alpha value is -1.53. The standard InChI is InChI=1S/C16H21NO2/c1-11-5-6-12(9-14(11)18-4)13(10-17)7-8-15-16(2,3)19-15/h5-6,9,13,15H,7-8H2,1-4H3. The minimum Gasteiger partial charge on any atom is -0.496 e. The van der Waals surface area contributed by atoms with Crippen LogP contribution in [0.25, 0.3) is 0 Å². The maximum absolute atomic E-state index is 9.34. The second-order valence-electron chi connectivity index (χ2n) is 5.70. The summed E-state index contributed by atoms with van der Waals surface area (Å²) in [7, 11) is 1.66. The summed E-state index contributed by atoms with van der Waals surface area (Å²) < 4.78 is 10.9. The van der Waals surface area contributed by atoms with Gasteiger partial charge in [0.05, 0.1) is 30.8 Å². The molecule has 1 saturated heterocycles. The highest BCUT2D eigenvalue weighted by atomic mass is 16.6. The molecule has 19 heavy (non-hydrogen) atoms. The first-order valence-corrected chi connectivity index (χ1v) is 6.70. The van der Waals surface area contributed by atoms with Crippen molar-refractivity contribution >= 4 is 0 Å². The molecule has 0 saturated carbocycles. The Morgan fingerprint density at radius 3 is 2.68 bits per heavy atom. The van der Waals surface area contributed by atoms with Crippen molar-refractivity contribution in [3.8, 4) is 11.8 Å². The summed E-state index contributed by atoms with van der Waals surface area (Å²) in [5.41, 5.74) is 2.13. The van der Waals surface area contributed by atoms with Crippen LogP contribution in [0.2, 0.25) is 0 Å². The SMILES string of the molecule is COc1cc(C(C#N)CCC2OC2(C)C)ccc1C. The zero-order valence-electron chi connectivity index (χ0n) is 12.1. The minimum absolute atomic E-state index is 0.00493. The fourth-order valence-electron chi connectivity index (χ4n) is 2.42. The maximum atomic E-state index is 9.34. The lowest BCUT2D eigenvalue weighted by Crippen LogP contribution is -2.05. The van der Waals surface area contributed by atoms with Crippen LogP contribution in [-0.2, 0) is 4.74 Å². The van der Waals surface area contributed by atoms with E-state index in [4.69, 9.17) is 9.47 Å². The van der Waals surface area contributed by atoms with E-state index in [1.807, 2.05) is 25.1 Å². The molecule has 0 bridgehead atoms. The topological polar surface area (TPSA) is 45.5 Å². The Bertz CT molecular complexity index is 502. The summed E-state index contributed by atoms with van der Waals surface area (Å²) in [5, 5.41) is 9.34. The molecule has 1 aliphatic heterocycles. The number of ether oxygens (including phenoxy) is 2. The molecule has 1 heterocycles. The van der Waals surface area contributed by atoms with Crippen molar-refractivity contribution in [2.45, 2.75) is 51.2 Å². The molecule has 0 aromatic heterocycles. The average molecular weight is 259 g/mol. The number of hydrogen-bond acceptors (Lipinski definition) is 3. The molecule has 2 rings (SSSR count). The largest absolute Gasteiger partial charge is 0.496 e. The molecule has 1 aromatic carbocycles. The molecule has 0 amide bonds. The van der Waals surface area contributed by atoms with Crippen LogP contribution in [0.15, 0.2) is 18.2 Å². The van der Waals surface area contributed by atoms with Gasteiger partial charge in [-0.15, -0.1) is 0 Å². The molecule has 2 atom stereocenters. The predicted molar refractivity (Wildman–Crippen MR) is 74.3 cm³/mol. The first-order chi connectivity index (χ1) is 8.97. The zero-order valence-corrected chi connectivity index (χ0v) is 12.1. The minimum atomic E-state index is -0.0884. The van der Waals surface area contributed by atoms with Crippen LogP contribution in [0, 0.1) is 18.3 Å². The van der Waals surface area contributed by atoms with Gasteiger partial charge < -0.3 is 9.47 Å². The van der Waals surface area contributed by atoms with Crippen molar-refractivity contribution in [1.29, 1.82) is 5.26 Å². The third kappa shape index (κ3) is 3.08. The second kappa shape index (κ2) is 5.22. The average Bonchev–Trinajstić information content (AvgIpc) is 2.99. The van der Waals surface area contributed by atoms with Gasteiger partial charge in [0.1, 0.15) is 5.75 Å². The van der Waals surface area contributed by atoms with Crippen LogP contribution in [-0.4, -0.2) is 18.8 Å². The van der Waals surface area contributed by atoms with Gasteiger partial charge in [-0.25, -0.2) is 0 Å². The van der Waals surface area contributed by atoms with Crippen molar-refractivity contribution in [3.63, 3.8) is 0 Å². The van der Waals surface area contributed by atoms with E-state index in [1.54, 1.807) is 7.11 Å². The van der Waals surface area contributed by atoms with E-state index in [9.17, 15) is 5.26 Å². The molecule has 0 aliphatic carbocycles. The van der Waals surface area contributed by atoms with Gasteiger partial charge in [-0.05, 0) is 50.8 Å². The lowest BCUT2D eigenvalue weighted by atomic mass is 9.92. The van der Waals surface area contributed by atoms with E-state index in [1.165, 1.54) is 0 Å². The van der Waals surface area contributed by atoms with Crippen molar-refractivity contribution < 1.29 is 9.47 Å². The molecule has 3 nitrogen and oxygen atoms in total. The molecule has 0 spiro atoms. The number of methoxy groups -OCH3 is 1. The summed E-state index contributed by atoms with van der Waals surface area (Å²) in [5.74, 6) is 0.759. The lowest BCUT2D eigenvalue weighted by molar-refractivity contribution is 0.318. The Balaban J connectivity index is 2.03.